The van der Waals surface area contributed by atoms with Gasteiger partial charge in [0, 0.05) is 18.7 Å². The van der Waals surface area contributed by atoms with Crippen molar-refractivity contribution in [2.24, 2.45) is 5.92 Å². The van der Waals surface area contributed by atoms with Crippen molar-refractivity contribution < 1.29 is 22.4 Å². The van der Waals surface area contributed by atoms with Gasteiger partial charge in [0.05, 0.1) is 11.4 Å². The van der Waals surface area contributed by atoms with E-state index in [9.17, 15) is 22.4 Å². The van der Waals surface area contributed by atoms with E-state index in [1.807, 2.05) is 13.8 Å². The summed E-state index contributed by atoms with van der Waals surface area (Å²) in [5.74, 6) is -0.812. The Bertz CT molecular complexity index is 955. The number of ketones is 1. The van der Waals surface area contributed by atoms with E-state index in [1.54, 1.807) is 0 Å². The number of nitrogens with one attached hydrogen (secondary N) is 1. The molecule has 0 saturated heterocycles. The van der Waals surface area contributed by atoms with Gasteiger partial charge < -0.3 is 5.32 Å². The molecule has 0 bridgehead atoms. The highest BCUT2D eigenvalue weighted by Gasteiger charge is 2.27. The highest BCUT2D eigenvalue weighted by atomic mass is 32.2. The van der Waals surface area contributed by atoms with Gasteiger partial charge in [-0.15, -0.1) is 0 Å². The van der Waals surface area contributed by atoms with Crippen molar-refractivity contribution >= 4 is 21.7 Å². The van der Waals surface area contributed by atoms with Gasteiger partial charge >= 0.3 is 0 Å². The van der Waals surface area contributed by atoms with Gasteiger partial charge in [-0.2, -0.15) is 4.31 Å². The van der Waals surface area contributed by atoms with Crippen LogP contribution in [-0.2, 0) is 21.4 Å². The van der Waals surface area contributed by atoms with Crippen molar-refractivity contribution in [3.8, 4) is 0 Å². The number of carbonyl (C=O) groups is 2. The summed E-state index contributed by atoms with van der Waals surface area (Å²) in [6.45, 7) is 5.22. The number of benzene rings is 2. The number of Topliss-reactive ketones (excluding diaryl/α,β-unsaturated/α-hetero) is 1. The number of hydrogen-bond donors (Lipinski definition) is 1. The number of nitrogens with zero attached hydrogens (tertiary/aromatic N) is 1. The summed E-state index contributed by atoms with van der Waals surface area (Å²) in [6, 6.07) is 11.0. The molecule has 1 amide bonds. The lowest BCUT2D eigenvalue weighted by molar-refractivity contribution is -0.121. The Labute approximate surface area is 170 Å². The first-order valence-corrected chi connectivity index (χ1v) is 10.7. The van der Waals surface area contributed by atoms with Crippen LogP contribution in [0.4, 0.5) is 4.39 Å². The lowest BCUT2D eigenvalue weighted by atomic mass is 10.2. The van der Waals surface area contributed by atoms with Gasteiger partial charge in [0.2, 0.25) is 15.9 Å². The van der Waals surface area contributed by atoms with E-state index < -0.39 is 21.7 Å². The minimum absolute atomic E-state index is 0.0266. The lowest BCUT2D eigenvalue weighted by Crippen LogP contribution is -2.41. The Morgan fingerprint density at radius 1 is 1.03 bits per heavy atom. The summed E-state index contributed by atoms with van der Waals surface area (Å²) in [7, 11) is -4.02. The highest BCUT2D eigenvalue weighted by molar-refractivity contribution is 7.89. The maximum Gasteiger partial charge on any atom is 0.243 e. The summed E-state index contributed by atoms with van der Waals surface area (Å²) in [5.41, 5.74) is 0.940. The second kappa shape index (κ2) is 9.76. The third-order valence-electron chi connectivity index (χ3n) is 4.20. The summed E-state index contributed by atoms with van der Waals surface area (Å²) in [4.78, 5) is 23.7. The smallest absolute Gasteiger partial charge is 0.243 e. The summed E-state index contributed by atoms with van der Waals surface area (Å²) < 4.78 is 40.5. The molecule has 0 aliphatic heterocycles. The molecule has 8 heteroatoms. The first-order valence-electron chi connectivity index (χ1n) is 9.22. The third kappa shape index (κ3) is 6.47. The van der Waals surface area contributed by atoms with E-state index >= 15 is 0 Å². The minimum atomic E-state index is -4.02. The zero-order chi connectivity index (χ0) is 21.6. The second-order valence-corrected chi connectivity index (χ2v) is 9.12. The zero-order valence-electron chi connectivity index (χ0n) is 16.7. The van der Waals surface area contributed by atoms with Crippen LogP contribution in [0.1, 0.15) is 36.7 Å². The largest absolute Gasteiger partial charge is 0.355 e. The normalized spacial score (nSPS) is 11.7. The fraction of sp³-hybridized carbons (Fsp3) is 0.333. The predicted molar refractivity (Wildman–Crippen MR) is 108 cm³/mol. The molecule has 0 fully saturated rings. The van der Waals surface area contributed by atoms with Crippen LogP contribution in [0.5, 0.6) is 0 Å². The van der Waals surface area contributed by atoms with E-state index in [-0.39, 0.29) is 29.7 Å². The van der Waals surface area contributed by atoms with Crippen molar-refractivity contribution in [3.05, 3.63) is 65.5 Å². The molecule has 0 saturated carbocycles. The maximum atomic E-state index is 13.2. The van der Waals surface area contributed by atoms with Gasteiger partial charge in [-0.3, -0.25) is 9.59 Å². The van der Waals surface area contributed by atoms with Crippen LogP contribution in [0.25, 0.3) is 0 Å². The second-order valence-electron chi connectivity index (χ2n) is 7.18. The number of amides is 1. The van der Waals surface area contributed by atoms with E-state index in [0.29, 0.717) is 17.7 Å². The molecule has 1 N–H and O–H groups in total. The lowest BCUT2D eigenvalue weighted by Gasteiger charge is -2.22. The van der Waals surface area contributed by atoms with Gasteiger partial charge in [0.25, 0.3) is 0 Å². The van der Waals surface area contributed by atoms with Crippen LogP contribution in [0.15, 0.2) is 53.4 Å². The average molecular weight is 421 g/mol. The first kappa shape index (κ1) is 22.7. The molecule has 0 heterocycles. The predicted octanol–water partition coefficient (Wildman–Crippen LogP) is 2.99. The van der Waals surface area contributed by atoms with Gasteiger partial charge in [-0.25, -0.2) is 12.8 Å². The summed E-state index contributed by atoms with van der Waals surface area (Å²) in [5, 5.41) is 2.71. The molecule has 6 nitrogen and oxygen atoms in total. The Kier molecular flexibility index (Phi) is 7.64. The van der Waals surface area contributed by atoms with E-state index in [1.165, 1.54) is 55.5 Å². The molecular formula is C21H25FN2O4S. The van der Waals surface area contributed by atoms with E-state index in [2.05, 4.69) is 5.32 Å². The van der Waals surface area contributed by atoms with Crippen molar-refractivity contribution in [1.29, 1.82) is 0 Å². The molecule has 0 aliphatic carbocycles. The Balaban J connectivity index is 2.31. The quantitative estimate of drug-likeness (QED) is 0.632. The molecule has 2 aromatic carbocycles. The molecular weight excluding hydrogens is 395 g/mol. The van der Waals surface area contributed by atoms with Crippen molar-refractivity contribution in [1.82, 2.24) is 9.62 Å². The first-order chi connectivity index (χ1) is 13.6. The third-order valence-corrected chi connectivity index (χ3v) is 6.00. The highest BCUT2D eigenvalue weighted by Crippen LogP contribution is 2.19. The van der Waals surface area contributed by atoms with E-state index in [4.69, 9.17) is 0 Å². The van der Waals surface area contributed by atoms with Crippen LogP contribution < -0.4 is 5.32 Å². The van der Waals surface area contributed by atoms with Crippen LogP contribution in [0.3, 0.4) is 0 Å². The van der Waals surface area contributed by atoms with Gasteiger partial charge in [-0.05, 0) is 42.7 Å². The van der Waals surface area contributed by atoms with Gasteiger partial charge in [0.15, 0.2) is 5.78 Å². The molecule has 0 aromatic heterocycles. The fourth-order valence-electron chi connectivity index (χ4n) is 2.56. The SMILES string of the molecule is CC(=O)c1ccc(S(=O)(=O)N(CC(=O)NCC(C)C)Cc2ccc(F)cc2)cc1. The maximum absolute atomic E-state index is 13.2. The average Bonchev–Trinajstić information content (AvgIpc) is 2.67. The molecule has 0 aliphatic rings. The van der Waals surface area contributed by atoms with E-state index in [0.717, 1.165) is 4.31 Å². The molecule has 2 aromatic rings. The van der Waals surface area contributed by atoms with Crippen LogP contribution in [0.2, 0.25) is 0 Å². The van der Waals surface area contributed by atoms with Crippen LogP contribution >= 0.6 is 0 Å². The number of sulfonamides is 1. The van der Waals surface area contributed by atoms with Crippen LogP contribution in [0, 0.1) is 11.7 Å². The number of halogens is 1. The monoisotopic (exact) mass is 420 g/mol. The molecule has 0 atom stereocenters. The van der Waals surface area contributed by atoms with Gasteiger partial charge in [0.1, 0.15) is 5.82 Å². The van der Waals surface area contributed by atoms with Crippen molar-refractivity contribution in [2.45, 2.75) is 32.2 Å². The molecule has 0 radical (unpaired) electrons. The Morgan fingerprint density at radius 2 is 1.62 bits per heavy atom. The van der Waals surface area contributed by atoms with Crippen molar-refractivity contribution in [2.75, 3.05) is 13.1 Å². The summed E-state index contributed by atoms with van der Waals surface area (Å²) in [6.07, 6.45) is 0. The standard InChI is InChI=1S/C21H25FN2O4S/c1-15(2)12-23-21(26)14-24(13-17-4-8-19(22)9-5-17)29(27,28)20-10-6-18(7-11-20)16(3)25/h4-11,15H,12-14H2,1-3H3,(H,23,26). The molecule has 0 spiro atoms. The molecule has 156 valence electrons. The number of rotatable bonds is 9. The number of hydrogen-bond acceptors (Lipinski definition) is 4. The fourth-order valence-corrected chi connectivity index (χ4v) is 3.95. The van der Waals surface area contributed by atoms with Crippen molar-refractivity contribution in [3.63, 3.8) is 0 Å². The van der Waals surface area contributed by atoms with Gasteiger partial charge in [-0.1, -0.05) is 38.1 Å². The zero-order valence-corrected chi connectivity index (χ0v) is 17.5. The minimum Gasteiger partial charge on any atom is -0.355 e. The Morgan fingerprint density at radius 3 is 2.14 bits per heavy atom. The Hall–Kier alpha value is -2.58. The number of carbonyl (C=O) groups excluding carboxylic acids is 2. The summed E-state index contributed by atoms with van der Waals surface area (Å²) >= 11 is 0. The molecule has 0 unspecified atom stereocenters. The molecule has 2 rings (SSSR count). The van der Waals surface area contributed by atoms with Crippen LogP contribution in [-0.4, -0.2) is 37.5 Å². The topological polar surface area (TPSA) is 83.6 Å². The molecule has 29 heavy (non-hydrogen) atoms.